The highest BCUT2D eigenvalue weighted by atomic mass is 79.9. The van der Waals surface area contributed by atoms with Gasteiger partial charge in [-0.3, -0.25) is 0 Å². The van der Waals surface area contributed by atoms with Crippen molar-refractivity contribution in [1.82, 2.24) is 9.97 Å². The van der Waals surface area contributed by atoms with E-state index in [2.05, 4.69) is 25.9 Å². The Kier molecular flexibility index (Phi) is 3.65. The van der Waals surface area contributed by atoms with Gasteiger partial charge in [0, 0.05) is 6.20 Å². The Morgan fingerprint density at radius 3 is 2.82 bits per heavy atom. The van der Waals surface area contributed by atoms with Crippen LogP contribution in [0.1, 0.15) is 5.56 Å². The molecule has 0 atom stereocenters. The largest absolute Gasteiger partial charge is 0.437 e. The molecule has 0 saturated heterocycles. The molecule has 0 bridgehead atoms. The molecule has 6 heteroatoms. The molecular formula is C11H8BrN3OS. The van der Waals surface area contributed by atoms with Crippen molar-refractivity contribution in [3.05, 3.63) is 46.8 Å². The molecule has 4 nitrogen and oxygen atoms in total. The molecule has 0 fully saturated rings. The maximum atomic E-state index is 5.64. The lowest BCUT2D eigenvalue weighted by Gasteiger charge is -2.09. The van der Waals surface area contributed by atoms with Crippen LogP contribution in [-0.2, 0) is 0 Å². The van der Waals surface area contributed by atoms with Crippen molar-refractivity contribution in [2.24, 2.45) is 5.73 Å². The number of nitrogens with zero attached hydrogens (tertiary/aromatic N) is 2. The standard InChI is InChI=1S/C11H8BrN3OS/c12-8-3-1-2-4-9(8)16-11-7(10(13)17)5-14-6-15-11/h1-6H,(H2,13,17). The Morgan fingerprint density at radius 2 is 2.12 bits per heavy atom. The fraction of sp³-hybridized carbons (Fsp3) is 0. The maximum Gasteiger partial charge on any atom is 0.232 e. The van der Waals surface area contributed by atoms with E-state index in [1.54, 1.807) is 0 Å². The Balaban J connectivity index is 2.37. The molecule has 0 aliphatic carbocycles. The van der Waals surface area contributed by atoms with E-state index in [9.17, 15) is 0 Å². The number of nitrogens with two attached hydrogens (primary N) is 1. The van der Waals surface area contributed by atoms with Gasteiger partial charge in [0.2, 0.25) is 5.88 Å². The number of halogens is 1. The zero-order valence-electron chi connectivity index (χ0n) is 8.63. The van der Waals surface area contributed by atoms with Crippen LogP contribution in [-0.4, -0.2) is 15.0 Å². The third-order valence-electron chi connectivity index (χ3n) is 1.98. The van der Waals surface area contributed by atoms with Crippen molar-refractivity contribution in [2.75, 3.05) is 0 Å². The molecular weight excluding hydrogens is 302 g/mol. The second kappa shape index (κ2) is 5.20. The van der Waals surface area contributed by atoms with E-state index in [0.717, 1.165) is 4.47 Å². The highest BCUT2D eigenvalue weighted by molar-refractivity contribution is 9.10. The fourth-order valence-corrected chi connectivity index (χ4v) is 1.71. The average Bonchev–Trinajstić information content (AvgIpc) is 2.32. The monoisotopic (exact) mass is 309 g/mol. The minimum atomic E-state index is 0.202. The Hall–Kier alpha value is -1.53. The Labute approximate surface area is 112 Å². The number of hydrogen-bond donors (Lipinski definition) is 1. The van der Waals surface area contributed by atoms with Gasteiger partial charge in [0.05, 0.1) is 10.0 Å². The van der Waals surface area contributed by atoms with Crippen LogP contribution in [0.5, 0.6) is 11.6 Å². The van der Waals surface area contributed by atoms with Gasteiger partial charge < -0.3 is 10.5 Å². The highest BCUT2D eigenvalue weighted by Gasteiger charge is 2.10. The van der Waals surface area contributed by atoms with E-state index in [1.165, 1.54) is 12.5 Å². The summed E-state index contributed by atoms with van der Waals surface area (Å²) in [6.45, 7) is 0. The van der Waals surface area contributed by atoms with Gasteiger partial charge in [0.1, 0.15) is 17.1 Å². The predicted octanol–water partition coefficient (Wildman–Crippen LogP) is 2.67. The summed E-state index contributed by atoms with van der Waals surface area (Å²) in [7, 11) is 0. The van der Waals surface area contributed by atoms with Gasteiger partial charge in [0.25, 0.3) is 0 Å². The van der Waals surface area contributed by atoms with Crippen LogP contribution in [0.3, 0.4) is 0 Å². The molecule has 0 saturated carbocycles. The molecule has 0 aliphatic heterocycles. The van der Waals surface area contributed by atoms with E-state index in [1.807, 2.05) is 24.3 Å². The number of para-hydroxylation sites is 1. The summed E-state index contributed by atoms with van der Waals surface area (Å²) in [4.78, 5) is 8.08. The van der Waals surface area contributed by atoms with Crippen LogP contribution < -0.4 is 10.5 Å². The molecule has 0 unspecified atom stereocenters. The molecule has 0 radical (unpaired) electrons. The Bertz CT molecular complexity index is 562. The maximum absolute atomic E-state index is 5.64. The smallest absolute Gasteiger partial charge is 0.232 e. The van der Waals surface area contributed by atoms with Crippen molar-refractivity contribution < 1.29 is 4.74 Å². The number of aromatic nitrogens is 2. The summed E-state index contributed by atoms with van der Waals surface area (Å²) in [5.74, 6) is 0.989. The van der Waals surface area contributed by atoms with Crippen molar-refractivity contribution >= 4 is 33.1 Å². The molecule has 1 heterocycles. The summed E-state index contributed by atoms with van der Waals surface area (Å²) in [5.41, 5.74) is 6.08. The van der Waals surface area contributed by atoms with Crippen molar-refractivity contribution in [2.45, 2.75) is 0 Å². The first-order chi connectivity index (χ1) is 8.18. The van der Waals surface area contributed by atoms with Crippen LogP contribution in [0.15, 0.2) is 41.3 Å². The number of hydrogen-bond acceptors (Lipinski definition) is 4. The molecule has 0 aliphatic rings. The topological polar surface area (TPSA) is 61.0 Å². The van der Waals surface area contributed by atoms with Crippen LogP contribution in [0.25, 0.3) is 0 Å². The minimum Gasteiger partial charge on any atom is -0.437 e. The van der Waals surface area contributed by atoms with Gasteiger partial charge in [-0.05, 0) is 28.1 Å². The molecule has 86 valence electrons. The third kappa shape index (κ3) is 2.78. The van der Waals surface area contributed by atoms with Gasteiger partial charge >= 0.3 is 0 Å². The predicted molar refractivity (Wildman–Crippen MR) is 72.1 cm³/mol. The van der Waals surface area contributed by atoms with Gasteiger partial charge in [-0.1, -0.05) is 24.4 Å². The third-order valence-corrected chi connectivity index (χ3v) is 2.86. The first-order valence-electron chi connectivity index (χ1n) is 4.70. The number of ether oxygens (including phenoxy) is 1. The number of thiocarbonyl (C=S) groups is 1. The van der Waals surface area contributed by atoms with Gasteiger partial charge in [0.15, 0.2) is 0 Å². The summed E-state index contributed by atoms with van der Waals surface area (Å²) in [6.07, 6.45) is 2.91. The van der Waals surface area contributed by atoms with E-state index < -0.39 is 0 Å². The summed E-state index contributed by atoms with van der Waals surface area (Å²) >= 11 is 8.29. The normalized spacial score (nSPS) is 9.94. The van der Waals surface area contributed by atoms with Crippen LogP contribution >= 0.6 is 28.1 Å². The van der Waals surface area contributed by atoms with Gasteiger partial charge in [-0.15, -0.1) is 0 Å². The van der Waals surface area contributed by atoms with Gasteiger partial charge in [-0.25, -0.2) is 9.97 Å². The lowest BCUT2D eigenvalue weighted by atomic mass is 10.3. The number of benzene rings is 1. The molecule has 17 heavy (non-hydrogen) atoms. The van der Waals surface area contributed by atoms with E-state index >= 15 is 0 Å². The van der Waals surface area contributed by atoms with E-state index in [4.69, 9.17) is 22.7 Å². The number of rotatable bonds is 3. The van der Waals surface area contributed by atoms with Crippen LogP contribution in [0, 0.1) is 0 Å². The molecule has 1 aromatic carbocycles. The second-order valence-electron chi connectivity index (χ2n) is 3.14. The molecule has 2 aromatic rings. The highest BCUT2D eigenvalue weighted by Crippen LogP contribution is 2.29. The van der Waals surface area contributed by atoms with Crippen LogP contribution in [0.4, 0.5) is 0 Å². The second-order valence-corrected chi connectivity index (χ2v) is 4.43. The molecule has 1 aromatic heterocycles. The first-order valence-corrected chi connectivity index (χ1v) is 5.91. The van der Waals surface area contributed by atoms with E-state index in [0.29, 0.717) is 17.2 Å². The molecule has 2 N–H and O–H groups in total. The quantitative estimate of drug-likeness (QED) is 0.883. The zero-order chi connectivity index (χ0) is 12.3. The average molecular weight is 310 g/mol. The van der Waals surface area contributed by atoms with E-state index in [-0.39, 0.29) is 4.99 Å². The molecule has 0 spiro atoms. The summed E-state index contributed by atoms with van der Waals surface area (Å²) in [6, 6.07) is 7.44. The molecule has 0 amide bonds. The zero-order valence-corrected chi connectivity index (χ0v) is 11.0. The Morgan fingerprint density at radius 1 is 1.35 bits per heavy atom. The first kappa shape index (κ1) is 11.9. The lowest BCUT2D eigenvalue weighted by Crippen LogP contribution is -2.12. The van der Waals surface area contributed by atoms with Crippen molar-refractivity contribution in [3.63, 3.8) is 0 Å². The molecule has 2 rings (SSSR count). The van der Waals surface area contributed by atoms with Gasteiger partial charge in [-0.2, -0.15) is 0 Å². The lowest BCUT2D eigenvalue weighted by molar-refractivity contribution is 0.457. The van der Waals surface area contributed by atoms with Crippen LogP contribution in [0.2, 0.25) is 0 Å². The fourth-order valence-electron chi connectivity index (χ4n) is 1.20. The van der Waals surface area contributed by atoms with Crippen molar-refractivity contribution in [3.8, 4) is 11.6 Å². The van der Waals surface area contributed by atoms with Crippen molar-refractivity contribution in [1.29, 1.82) is 0 Å². The minimum absolute atomic E-state index is 0.202. The summed E-state index contributed by atoms with van der Waals surface area (Å²) < 4.78 is 6.46. The summed E-state index contributed by atoms with van der Waals surface area (Å²) in [5, 5.41) is 0. The SMILES string of the molecule is NC(=S)c1cncnc1Oc1ccccc1Br.